The van der Waals surface area contributed by atoms with Crippen molar-refractivity contribution in [2.75, 3.05) is 26.7 Å². The number of carbonyl (C=O) groups excluding carboxylic acids is 3. The van der Waals surface area contributed by atoms with Crippen LogP contribution in [-0.4, -0.2) is 82.4 Å². The maximum absolute atomic E-state index is 13.1. The minimum atomic E-state index is -1.07. The first kappa shape index (κ1) is 22.2. The van der Waals surface area contributed by atoms with E-state index in [1.807, 2.05) is 0 Å². The molecule has 1 saturated heterocycles. The first-order valence-electron chi connectivity index (χ1n) is 8.77. The van der Waals surface area contributed by atoms with Gasteiger partial charge in [-0.3, -0.25) is 29.2 Å². The third-order valence-electron chi connectivity index (χ3n) is 4.28. The molecule has 11 nitrogen and oxygen atoms in total. The molecule has 5 N–H and O–H groups in total. The third kappa shape index (κ3) is 6.76. The molecule has 0 unspecified atom stereocenters. The number of nitrogens with two attached hydrogens (primary N) is 2. The number of hydrogen-bond donors (Lipinski definition) is 3. The number of aliphatic imine (C=N–C) groups is 1. The van der Waals surface area contributed by atoms with Gasteiger partial charge in [0, 0.05) is 33.5 Å². The van der Waals surface area contributed by atoms with E-state index in [9.17, 15) is 19.2 Å². The van der Waals surface area contributed by atoms with E-state index in [0.717, 1.165) is 5.01 Å². The molecule has 1 aliphatic heterocycles. The zero-order chi connectivity index (χ0) is 20.6. The second-order valence-corrected chi connectivity index (χ2v) is 6.32. The summed E-state index contributed by atoms with van der Waals surface area (Å²) in [6, 6.07) is -0.779. The number of carboxylic acid groups (broad SMARTS) is 1. The second kappa shape index (κ2) is 10.3. The van der Waals surface area contributed by atoms with E-state index in [1.54, 1.807) is 7.05 Å². The molecular formula is C16H28N6O5. The van der Waals surface area contributed by atoms with Crippen molar-refractivity contribution in [3.8, 4) is 0 Å². The molecule has 11 heteroatoms. The number of carbonyl (C=O) groups is 4. The molecule has 0 aliphatic carbocycles. The Bertz CT molecular complexity index is 604. The Morgan fingerprint density at radius 2 is 2.00 bits per heavy atom. The van der Waals surface area contributed by atoms with Gasteiger partial charge in [-0.2, -0.15) is 0 Å². The van der Waals surface area contributed by atoms with Crippen molar-refractivity contribution in [3.05, 3.63) is 0 Å². The summed E-state index contributed by atoms with van der Waals surface area (Å²) in [7, 11) is 1.55. The van der Waals surface area contributed by atoms with Crippen LogP contribution in [0.5, 0.6) is 0 Å². The van der Waals surface area contributed by atoms with Crippen LogP contribution in [0, 0.1) is 0 Å². The molecule has 0 radical (unpaired) electrons. The maximum atomic E-state index is 13.1. The first-order valence-corrected chi connectivity index (χ1v) is 8.77. The summed E-state index contributed by atoms with van der Waals surface area (Å²) >= 11 is 0. The molecule has 1 aliphatic rings. The van der Waals surface area contributed by atoms with Gasteiger partial charge in [0.25, 0.3) is 5.91 Å². The van der Waals surface area contributed by atoms with Crippen LogP contribution in [-0.2, 0) is 19.2 Å². The van der Waals surface area contributed by atoms with Gasteiger partial charge in [0.15, 0.2) is 5.96 Å². The zero-order valence-corrected chi connectivity index (χ0v) is 15.8. The van der Waals surface area contributed by atoms with E-state index < -0.39 is 23.8 Å². The molecule has 1 atom stereocenters. The van der Waals surface area contributed by atoms with Crippen molar-refractivity contribution in [1.29, 1.82) is 0 Å². The van der Waals surface area contributed by atoms with E-state index in [-0.39, 0.29) is 37.8 Å². The molecule has 0 aromatic carbocycles. The molecule has 1 rings (SSSR count). The number of nitrogens with zero attached hydrogens (tertiary/aromatic N) is 4. The molecule has 0 aromatic heterocycles. The Labute approximate surface area is 157 Å². The van der Waals surface area contributed by atoms with Gasteiger partial charge in [-0.1, -0.05) is 0 Å². The van der Waals surface area contributed by atoms with Gasteiger partial charge in [0.1, 0.15) is 6.04 Å². The summed E-state index contributed by atoms with van der Waals surface area (Å²) in [6.07, 6.45) is 1.11. The Morgan fingerprint density at radius 3 is 2.56 bits per heavy atom. The summed E-state index contributed by atoms with van der Waals surface area (Å²) in [5.74, 6) is -2.13. The normalized spacial score (nSPS) is 17.9. The number of hydrogen-bond acceptors (Lipinski definition) is 5. The van der Waals surface area contributed by atoms with E-state index >= 15 is 0 Å². The molecule has 27 heavy (non-hydrogen) atoms. The standard InChI is InChI=1S/C16H28N6O5/c1-11(23)21(10-7-14(25)26)22-9-4-6-13(24)20(2)12(15(22)27)5-3-8-19-16(17)18/h12H,3-10H2,1-2H3,(H,25,26)(H4,17,18,19)/t12-/m0/s1. The highest BCUT2D eigenvalue weighted by Gasteiger charge is 2.35. The Morgan fingerprint density at radius 1 is 1.33 bits per heavy atom. The highest BCUT2D eigenvalue weighted by Crippen LogP contribution is 2.18. The fourth-order valence-corrected chi connectivity index (χ4v) is 2.88. The number of hydrazine groups is 1. The van der Waals surface area contributed by atoms with Crippen LogP contribution >= 0.6 is 0 Å². The second-order valence-electron chi connectivity index (χ2n) is 6.32. The topological polar surface area (TPSA) is 163 Å². The molecule has 152 valence electrons. The Hall–Kier alpha value is -2.85. The van der Waals surface area contributed by atoms with Crippen molar-refractivity contribution in [2.24, 2.45) is 16.5 Å². The minimum Gasteiger partial charge on any atom is -0.481 e. The first-order chi connectivity index (χ1) is 12.6. The van der Waals surface area contributed by atoms with Crippen LogP contribution in [0.15, 0.2) is 4.99 Å². The van der Waals surface area contributed by atoms with Gasteiger partial charge < -0.3 is 21.5 Å². The maximum Gasteiger partial charge on any atom is 0.305 e. The van der Waals surface area contributed by atoms with E-state index in [4.69, 9.17) is 16.6 Å². The van der Waals surface area contributed by atoms with Crippen LogP contribution in [0.4, 0.5) is 0 Å². The fourth-order valence-electron chi connectivity index (χ4n) is 2.88. The SMILES string of the molecule is CC(=O)N(CCC(=O)O)N1CCCC(=O)N(C)[C@@H](CCCN=C(N)N)C1=O. The number of amides is 3. The molecule has 0 bridgehead atoms. The van der Waals surface area contributed by atoms with Crippen LogP contribution in [0.3, 0.4) is 0 Å². The molecular weight excluding hydrogens is 356 g/mol. The molecule has 0 saturated carbocycles. The fraction of sp³-hybridized carbons (Fsp3) is 0.688. The van der Waals surface area contributed by atoms with Crippen molar-refractivity contribution in [1.82, 2.24) is 14.9 Å². The summed E-state index contributed by atoms with van der Waals surface area (Å²) in [4.78, 5) is 53.4. The van der Waals surface area contributed by atoms with E-state index in [2.05, 4.69) is 4.99 Å². The predicted molar refractivity (Wildman–Crippen MR) is 97.1 cm³/mol. The van der Waals surface area contributed by atoms with E-state index in [0.29, 0.717) is 25.8 Å². The lowest BCUT2D eigenvalue weighted by molar-refractivity contribution is -0.170. The zero-order valence-electron chi connectivity index (χ0n) is 15.8. The Kier molecular flexibility index (Phi) is 8.49. The lowest BCUT2D eigenvalue weighted by Gasteiger charge is -2.40. The van der Waals surface area contributed by atoms with Crippen LogP contribution in [0.25, 0.3) is 0 Å². The lowest BCUT2D eigenvalue weighted by atomic mass is 10.1. The lowest BCUT2D eigenvalue weighted by Crippen LogP contribution is -2.58. The van der Waals surface area contributed by atoms with Crippen molar-refractivity contribution >= 4 is 29.7 Å². The van der Waals surface area contributed by atoms with Crippen molar-refractivity contribution in [2.45, 2.75) is 45.1 Å². The third-order valence-corrected chi connectivity index (χ3v) is 4.28. The molecule has 3 amide bonds. The summed E-state index contributed by atoms with van der Waals surface area (Å²) in [5, 5.41) is 11.3. The molecule has 0 aromatic rings. The molecule has 1 heterocycles. The molecule has 1 fully saturated rings. The summed E-state index contributed by atoms with van der Waals surface area (Å²) in [5.41, 5.74) is 10.6. The van der Waals surface area contributed by atoms with Gasteiger partial charge >= 0.3 is 5.97 Å². The summed E-state index contributed by atoms with van der Waals surface area (Å²) < 4.78 is 0. The minimum absolute atomic E-state index is 0.0542. The number of likely N-dealkylation sites (N-methyl/N-ethyl adjacent to an activating group) is 1. The average molecular weight is 384 g/mol. The monoisotopic (exact) mass is 384 g/mol. The predicted octanol–water partition coefficient (Wildman–Crippen LogP) is -1.27. The van der Waals surface area contributed by atoms with Gasteiger partial charge in [0.2, 0.25) is 11.8 Å². The van der Waals surface area contributed by atoms with Crippen LogP contribution in [0.1, 0.15) is 39.0 Å². The Balaban J connectivity index is 3.00. The van der Waals surface area contributed by atoms with Crippen LogP contribution < -0.4 is 11.5 Å². The number of aliphatic carboxylic acids is 1. The van der Waals surface area contributed by atoms with Gasteiger partial charge in [-0.15, -0.1) is 0 Å². The number of rotatable bonds is 8. The van der Waals surface area contributed by atoms with E-state index in [1.165, 1.54) is 16.8 Å². The van der Waals surface area contributed by atoms with Gasteiger partial charge in [-0.05, 0) is 19.3 Å². The average Bonchev–Trinajstić information content (AvgIpc) is 2.57. The number of carboxylic acids is 1. The smallest absolute Gasteiger partial charge is 0.305 e. The summed E-state index contributed by atoms with van der Waals surface area (Å²) in [6.45, 7) is 1.64. The van der Waals surface area contributed by atoms with Gasteiger partial charge in [0.05, 0.1) is 13.0 Å². The quantitative estimate of drug-likeness (QED) is 0.267. The largest absolute Gasteiger partial charge is 0.481 e. The molecule has 0 spiro atoms. The van der Waals surface area contributed by atoms with Gasteiger partial charge in [-0.25, -0.2) is 5.01 Å². The van der Waals surface area contributed by atoms with Crippen molar-refractivity contribution in [3.63, 3.8) is 0 Å². The highest BCUT2D eigenvalue weighted by molar-refractivity contribution is 5.89. The van der Waals surface area contributed by atoms with Crippen molar-refractivity contribution < 1.29 is 24.3 Å². The van der Waals surface area contributed by atoms with Crippen LogP contribution in [0.2, 0.25) is 0 Å². The number of guanidine groups is 1. The highest BCUT2D eigenvalue weighted by atomic mass is 16.4.